The fraction of sp³-hybridized carbons (Fsp3) is 0.500. The standard InChI is InChI=1S/C12H13F3N2O2/c1-7-4-9(12(13,14)15)5-10(16-7)17-3-2-8(6-17)11(18)19/h4-5,8H,2-3,6H2,1H3,(H,18,19). The van der Waals surface area contributed by atoms with Crippen molar-refractivity contribution in [2.45, 2.75) is 19.5 Å². The average Bonchev–Trinajstić information content (AvgIpc) is 2.76. The Balaban J connectivity index is 2.26. The van der Waals surface area contributed by atoms with E-state index in [4.69, 9.17) is 5.11 Å². The van der Waals surface area contributed by atoms with Crippen LogP contribution in [0.4, 0.5) is 19.0 Å². The van der Waals surface area contributed by atoms with Crippen LogP contribution in [-0.4, -0.2) is 29.1 Å². The lowest BCUT2D eigenvalue weighted by Gasteiger charge is -2.19. The van der Waals surface area contributed by atoms with Crippen LogP contribution in [0.1, 0.15) is 17.7 Å². The molecule has 0 bridgehead atoms. The molecule has 4 nitrogen and oxygen atoms in total. The molecule has 1 fully saturated rings. The number of pyridine rings is 1. The fourth-order valence-corrected chi connectivity index (χ4v) is 2.15. The van der Waals surface area contributed by atoms with E-state index in [0.29, 0.717) is 13.0 Å². The Morgan fingerprint density at radius 1 is 1.47 bits per heavy atom. The van der Waals surface area contributed by atoms with Crippen molar-refractivity contribution in [1.82, 2.24) is 4.98 Å². The molecule has 1 aliphatic heterocycles. The van der Waals surface area contributed by atoms with Gasteiger partial charge < -0.3 is 10.0 Å². The maximum atomic E-state index is 12.7. The topological polar surface area (TPSA) is 53.4 Å². The van der Waals surface area contributed by atoms with Crippen LogP contribution in [0.2, 0.25) is 0 Å². The predicted molar refractivity (Wildman–Crippen MR) is 61.9 cm³/mol. The minimum Gasteiger partial charge on any atom is -0.481 e. The second-order valence-corrected chi connectivity index (χ2v) is 4.62. The number of aromatic nitrogens is 1. The summed E-state index contributed by atoms with van der Waals surface area (Å²) < 4.78 is 38.1. The van der Waals surface area contributed by atoms with Crippen molar-refractivity contribution >= 4 is 11.8 Å². The van der Waals surface area contributed by atoms with Gasteiger partial charge in [0.05, 0.1) is 11.5 Å². The summed E-state index contributed by atoms with van der Waals surface area (Å²) in [7, 11) is 0. The molecule has 104 valence electrons. The van der Waals surface area contributed by atoms with Gasteiger partial charge in [-0.3, -0.25) is 4.79 Å². The van der Waals surface area contributed by atoms with Crippen molar-refractivity contribution in [2.24, 2.45) is 5.92 Å². The van der Waals surface area contributed by atoms with Crippen molar-refractivity contribution in [3.8, 4) is 0 Å². The Hall–Kier alpha value is -1.79. The highest BCUT2D eigenvalue weighted by molar-refractivity contribution is 5.71. The van der Waals surface area contributed by atoms with Crippen LogP contribution >= 0.6 is 0 Å². The lowest BCUT2D eigenvalue weighted by atomic mass is 10.1. The molecular formula is C12H13F3N2O2. The smallest absolute Gasteiger partial charge is 0.416 e. The first kappa shape index (κ1) is 13.6. The summed E-state index contributed by atoms with van der Waals surface area (Å²) in [6.07, 6.45) is -4.00. The molecule has 0 aromatic carbocycles. The number of halogens is 3. The van der Waals surface area contributed by atoms with Gasteiger partial charge in [-0.2, -0.15) is 13.2 Å². The number of aryl methyl sites for hydroxylation is 1. The maximum absolute atomic E-state index is 12.7. The summed E-state index contributed by atoms with van der Waals surface area (Å²) in [5.74, 6) is -1.28. The molecule has 1 atom stereocenters. The second-order valence-electron chi connectivity index (χ2n) is 4.62. The van der Waals surface area contributed by atoms with Gasteiger partial charge in [-0.15, -0.1) is 0 Å². The van der Waals surface area contributed by atoms with Crippen LogP contribution in [0.15, 0.2) is 12.1 Å². The highest BCUT2D eigenvalue weighted by atomic mass is 19.4. The predicted octanol–water partition coefficient (Wildman–Crippen LogP) is 2.32. The summed E-state index contributed by atoms with van der Waals surface area (Å²) in [6, 6.07) is 1.95. The van der Waals surface area contributed by atoms with E-state index in [0.717, 1.165) is 12.1 Å². The average molecular weight is 274 g/mol. The van der Waals surface area contributed by atoms with E-state index in [1.165, 1.54) is 6.92 Å². The molecule has 1 N–H and O–H groups in total. The number of carboxylic acid groups (broad SMARTS) is 1. The molecule has 0 aliphatic carbocycles. The molecule has 0 radical (unpaired) electrons. The zero-order valence-corrected chi connectivity index (χ0v) is 10.2. The van der Waals surface area contributed by atoms with Crippen LogP contribution in [0.25, 0.3) is 0 Å². The zero-order valence-electron chi connectivity index (χ0n) is 10.2. The van der Waals surface area contributed by atoms with Gasteiger partial charge in [-0.25, -0.2) is 4.98 Å². The molecule has 1 aromatic rings. The summed E-state index contributed by atoms with van der Waals surface area (Å²) in [4.78, 5) is 16.5. The number of rotatable bonds is 2. The van der Waals surface area contributed by atoms with E-state index in [-0.39, 0.29) is 18.1 Å². The maximum Gasteiger partial charge on any atom is 0.416 e. The van der Waals surface area contributed by atoms with Crippen molar-refractivity contribution in [1.29, 1.82) is 0 Å². The van der Waals surface area contributed by atoms with Crippen molar-refractivity contribution in [3.05, 3.63) is 23.4 Å². The van der Waals surface area contributed by atoms with Crippen LogP contribution in [-0.2, 0) is 11.0 Å². The normalized spacial score (nSPS) is 19.8. The Bertz CT molecular complexity index is 502. The molecule has 19 heavy (non-hydrogen) atoms. The summed E-state index contributed by atoms with van der Waals surface area (Å²) >= 11 is 0. The SMILES string of the molecule is Cc1cc(C(F)(F)F)cc(N2CCC(C(=O)O)C2)n1. The van der Waals surface area contributed by atoms with E-state index in [2.05, 4.69) is 4.98 Å². The van der Waals surface area contributed by atoms with E-state index in [1.807, 2.05) is 0 Å². The minimum atomic E-state index is -4.42. The largest absolute Gasteiger partial charge is 0.481 e. The lowest BCUT2D eigenvalue weighted by molar-refractivity contribution is -0.141. The van der Waals surface area contributed by atoms with E-state index in [1.54, 1.807) is 4.90 Å². The summed E-state index contributed by atoms with van der Waals surface area (Å²) in [5.41, 5.74) is -0.489. The number of hydrogen-bond donors (Lipinski definition) is 1. The second kappa shape index (κ2) is 4.71. The number of carbonyl (C=O) groups is 1. The third-order valence-corrected chi connectivity index (χ3v) is 3.13. The van der Waals surface area contributed by atoms with Crippen molar-refractivity contribution in [2.75, 3.05) is 18.0 Å². The Labute approximate surface area is 107 Å². The highest BCUT2D eigenvalue weighted by Crippen LogP contribution is 2.32. The number of alkyl halides is 3. The van der Waals surface area contributed by atoms with Gasteiger partial charge in [0.15, 0.2) is 0 Å². The molecule has 7 heteroatoms. The summed E-state index contributed by atoms with van der Waals surface area (Å²) in [6.45, 7) is 2.09. The van der Waals surface area contributed by atoms with Gasteiger partial charge in [-0.05, 0) is 25.5 Å². The summed E-state index contributed by atoms with van der Waals surface area (Å²) in [5, 5.41) is 8.89. The third-order valence-electron chi connectivity index (χ3n) is 3.13. The Morgan fingerprint density at radius 2 is 2.16 bits per heavy atom. The number of hydrogen-bond acceptors (Lipinski definition) is 3. The van der Waals surface area contributed by atoms with Gasteiger partial charge in [0.25, 0.3) is 0 Å². The van der Waals surface area contributed by atoms with Crippen molar-refractivity contribution in [3.63, 3.8) is 0 Å². The molecule has 1 aromatic heterocycles. The number of anilines is 1. The number of aliphatic carboxylic acids is 1. The molecule has 1 aliphatic rings. The first-order chi connectivity index (χ1) is 8.77. The first-order valence-electron chi connectivity index (χ1n) is 5.81. The quantitative estimate of drug-likeness (QED) is 0.899. The molecule has 2 rings (SSSR count). The molecule has 0 spiro atoms. The minimum absolute atomic E-state index is 0.191. The fourth-order valence-electron chi connectivity index (χ4n) is 2.15. The third kappa shape index (κ3) is 2.97. The van der Waals surface area contributed by atoms with E-state index >= 15 is 0 Å². The van der Waals surface area contributed by atoms with Gasteiger partial charge in [0.1, 0.15) is 5.82 Å². The molecule has 0 amide bonds. The van der Waals surface area contributed by atoms with Crippen LogP contribution in [0.3, 0.4) is 0 Å². The zero-order chi connectivity index (χ0) is 14.2. The Kier molecular flexibility index (Phi) is 3.38. The molecular weight excluding hydrogens is 261 g/mol. The van der Waals surface area contributed by atoms with Crippen molar-refractivity contribution < 1.29 is 23.1 Å². The molecule has 2 heterocycles. The first-order valence-corrected chi connectivity index (χ1v) is 5.81. The van der Waals surface area contributed by atoms with Crippen LogP contribution in [0, 0.1) is 12.8 Å². The molecule has 1 saturated heterocycles. The van der Waals surface area contributed by atoms with Gasteiger partial charge in [-0.1, -0.05) is 0 Å². The van der Waals surface area contributed by atoms with Gasteiger partial charge in [0, 0.05) is 18.8 Å². The lowest BCUT2D eigenvalue weighted by Crippen LogP contribution is -2.24. The van der Waals surface area contributed by atoms with E-state index < -0.39 is 23.6 Å². The monoisotopic (exact) mass is 274 g/mol. The van der Waals surface area contributed by atoms with E-state index in [9.17, 15) is 18.0 Å². The Morgan fingerprint density at radius 3 is 2.68 bits per heavy atom. The molecule has 1 unspecified atom stereocenters. The van der Waals surface area contributed by atoms with Gasteiger partial charge >= 0.3 is 12.1 Å². The van der Waals surface area contributed by atoms with Crippen LogP contribution < -0.4 is 4.90 Å². The number of carboxylic acids is 1. The molecule has 0 saturated carbocycles. The number of nitrogens with zero attached hydrogens (tertiary/aromatic N) is 2. The highest BCUT2D eigenvalue weighted by Gasteiger charge is 2.33. The van der Waals surface area contributed by atoms with Gasteiger partial charge in [0.2, 0.25) is 0 Å². The van der Waals surface area contributed by atoms with Crippen LogP contribution in [0.5, 0.6) is 0 Å².